The molecule has 2 heteroatoms. The summed E-state index contributed by atoms with van der Waals surface area (Å²) in [4.78, 5) is 12.1. The number of rotatable bonds is 14. The first kappa shape index (κ1) is 18.6. The van der Waals surface area contributed by atoms with Gasteiger partial charge in [0.2, 0.25) is 0 Å². The molecule has 2 nitrogen and oxygen atoms in total. The zero-order valence-corrected chi connectivity index (χ0v) is 13.4. The topological polar surface area (TPSA) is 26.3 Å². The highest BCUT2D eigenvalue weighted by Crippen LogP contribution is 2.19. The van der Waals surface area contributed by atoms with Gasteiger partial charge in [0.25, 0.3) is 0 Å². The molecule has 0 N–H and O–H groups in total. The van der Waals surface area contributed by atoms with E-state index in [2.05, 4.69) is 13.8 Å². The molecule has 0 radical (unpaired) electrons. The Bertz CT molecular complexity index is 189. The lowest BCUT2D eigenvalue weighted by Crippen LogP contribution is -2.20. The molecule has 0 aromatic heterocycles. The quantitative estimate of drug-likeness (QED) is 0.408. The second kappa shape index (κ2) is 14.0. The van der Waals surface area contributed by atoms with Crippen molar-refractivity contribution in [2.24, 2.45) is 5.92 Å². The molecule has 0 bridgehead atoms. The highest BCUT2D eigenvalue weighted by molar-refractivity contribution is 5.82. The van der Waals surface area contributed by atoms with Crippen LogP contribution in [0.1, 0.15) is 85.0 Å². The van der Waals surface area contributed by atoms with Crippen LogP contribution in [0.5, 0.6) is 0 Å². The third-order valence-electron chi connectivity index (χ3n) is 3.72. The fraction of sp³-hybridized carbons (Fsp3) is 0.941. The minimum atomic E-state index is 0.250. The summed E-state index contributed by atoms with van der Waals surface area (Å²) in [5.41, 5.74) is 0. The number of unbranched alkanes of at least 4 members (excludes halogenated alkanes) is 6. The van der Waals surface area contributed by atoms with Crippen molar-refractivity contribution in [1.82, 2.24) is 0 Å². The summed E-state index contributed by atoms with van der Waals surface area (Å²) in [6.07, 6.45) is 12.2. The fourth-order valence-corrected chi connectivity index (χ4v) is 2.42. The van der Waals surface area contributed by atoms with E-state index in [0.29, 0.717) is 19.0 Å². The lowest BCUT2D eigenvalue weighted by molar-refractivity contribution is -0.127. The maximum Gasteiger partial charge on any atom is 0.161 e. The van der Waals surface area contributed by atoms with Gasteiger partial charge in [0, 0.05) is 12.5 Å². The van der Waals surface area contributed by atoms with Crippen LogP contribution in [0.25, 0.3) is 0 Å². The monoisotopic (exact) mass is 270 g/mol. The molecule has 0 heterocycles. The third kappa shape index (κ3) is 11.2. The van der Waals surface area contributed by atoms with E-state index in [1.807, 2.05) is 6.92 Å². The number of ketones is 1. The molecule has 0 amide bonds. The zero-order chi connectivity index (χ0) is 14.3. The standard InChI is InChI=1S/C17H34O2/c1-4-7-9-11-13-16(14-12-10-8-5-2)17(18)15-19-6-3/h16H,4-15H2,1-3H3. The SMILES string of the molecule is CCCCCCC(CCCCCC)C(=O)COCC. The molecule has 0 saturated heterocycles. The van der Waals surface area contributed by atoms with Gasteiger partial charge in [-0.05, 0) is 19.8 Å². The molecule has 0 aliphatic rings. The van der Waals surface area contributed by atoms with Gasteiger partial charge in [-0.2, -0.15) is 0 Å². The predicted octanol–water partition coefficient (Wildman–Crippen LogP) is 5.15. The van der Waals surface area contributed by atoms with Crippen LogP contribution >= 0.6 is 0 Å². The van der Waals surface area contributed by atoms with Crippen LogP contribution in [-0.2, 0) is 9.53 Å². The smallest absolute Gasteiger partial charge is 0.161 e. The van der Waals surface area contributed by atoms with Crippen LogP contribution in [0.2, 0.25) is 0 Å². The Labute approximate surface area is 120 Å². The molecule has 19 heavy (non-hydrogen) atoms. The average Bonchev–Trinajstić information content (AvgIpc) is 2.43. The molecule has 0 spiro atoms. The Morgan fingerprint density at radius 3 is 1.79 bits per heavy atom. The summed E-state index contributed by atoms with van der Waals surface area (Å²) in [5.74, 6) is 0.579. The van der Waals surface area contributed by atoms with Gasteiger partial charge in [-0.1, -0.05) is 65.2 Å². The van der Waals surface area contributed by atoms with Gasteiger partial charge in [-0.3, -0.25) is 4.79 Å². The van der Waals surface area contributed by atoms with Gasteiger partial charge in [-0.25, -0.2) is 0 Å². The van der Waals surface area contributed by atoms with Crippen molar-refractivity contribution in [3.8, 4) is 0 Å². The average molecular weight is 270 g/mol. The Hall–Kier alpha value is -0.370. The number of Topliss-reactive ketones (excluding diaryl/α,β-unsaturated/α-hetero) is 1. The summed E-state index contributed by atoms with van der Waals surface area (Å²) in [5, 5.41) is 0. The van der Waals surface area contributed by atoms with E-state index in [1.165, 1.54) is 51.4 Å². The van der Waals surface area contributed by atoms with Gasteiger partial charge in [-0.15, -0.1) is 0 Å². The van der Waals surface area contributed by atoms with E-state index in [1.54, 1.807) is 0 Å². The van der Waals surface area contributed by atoms with E-state index >= 15 is 0 Å². The Morgan fingerprint density at radius 1 is 0.842 bits per heavy atom. The number of hydrogen-bond donors (Lipinski definition) is 0. The van der Waals surface area contributed by atoms with Crippen molar-refractivity contribution in [2.75, 3.05) is 13.2 Å². The van der Waals surface area contributed by atoms with Crippen LogP contribution in [0.3, 0.4) is 0 Å². The molecule has 0 fully saturated rings. The number of ether oxygens (including phenoxy) is 1. The van der Waals surface area contributed by atoms with Crippen molar-refractivity contribution in [3.05, 3.63) is 0 Å². The van der Waals surface area contributed by atoms with Crippen LogP contribution in [0, 0.1) is 5.92 Å². The first-order valence-electron chi connectivity index (χ1n) is 8.36. The lowest BCUT2D eigenvalue weighted by Gasteiger charge is -2.15. The summed E-state index contributed by atoms with van der Waals surface area (Å²) >= 11 is 0. The molecule has 0 saturated carbocycles. The maximum atomic E-state index is 12.1. The van der Waals surface area contributed by atoms with E-state index in [9.17, 15) is 4.79 Å². The van der Waals surface area contributed by atoms with Crippen molar-refractivity contribution in [2.45, 2.75) is 85.0 Å². The molecule has 0 atom stereocenters. The van der Waals surface area contributed by atoms with Crippen molar-refractivity contribution in [1.29, 1.82) is 0 Å². The highest BCUT2D eigenvalue weighted by atomic mass is 16.5. The summed E-state index contributed by atoms with van der Waals surface area (Å²) in [6, 6.07) is 0. The van der Waals surface area contributed by atoms with E-state index < -0.39 is 0 Å². The second-order valence-corrected chi connectivity index (χ2v) is 5.50. The largest absolute Gasteiger partial charge is 0.374 e. The van der Waals surface area contributed by atoms with Crippen LogP contribution in [0.4, 0.5) is 0 Å². The second-order valence-electron chi connectivity index (χ2n) is 5.50. The number of carbonyl (C=O) groups excluding carboxylic acids is 1. The summed E-state index contributed by atoms with van der Waals surface area (Å²) < 4.78 is 5.28. The molecular formula is C17H34O2. The molecule has 0 aliphatic carbocycles. The van der Waals surface area contributed by atoms with Gasteiger partial charge < -0.3 is 4.74 Å². The minimum Gasteiger partial charge on any atom is -0.374 e. The van der Waals surface area contributed by atoms with Crippen LogP contribution in [-0.4, -0.2) is 19.0 Å². The van der Waals surface area contributed by atoms with E-state index in [0.717, 1.165) is 12.8 Å². The molecule has 0 rings (SSSR count). The zero-order valence-electron chi connectivity index (χ0n) is 13.4. The summed E-state index contributed by atoms with van der Waals surface area (Å²) in [7, 11) is 0. The first-order chi connectivity index (χ1) is 9.26. The van der Waals surface area contributed by atoms with Gasteiger partial charge in [0.1, 0.15) is 6.61 Å². The van der Waals surface area contributed by atoms with Crippen LogP contribution in [0.15, 0.2) is 0 Å². The fourth-order valence-electron chi connectivity index (χ4n) is 2.42. The third-order valence-corrected chi connectivity index (χ3v) is 3.72. The minimum absolute atomic E-state index is 0.250. The van der Waals surface area contributed by atoms with Gasteiger partial charge in [0.15, 0.2) is 5.78 Å². The normalized spacial score (nSPS) is 11.2. The predicted molar refractivity (Wildman–Crippen MR) is 82.5 cm³/mol. The highest BCUT2D eigenvalue weighted by Gasteiger charge is 2.17. The summed E-state index contributed by atoms with van der Waals surface area (Å²) in [6.45, 7) is 7.36. The molecule has 0 aromatic carbocycles. The van der Waals surface area contributed by atoms with Crippen molar-refractivity contribution < 1.29 is 9.53 Å². The molecule has 0 unspecified atom stereocenters. The van der Waals surface area contributed by atoms with E-state index in [4.69, 9.17) is 4.74 Å². The number of carbonyl (C=O) groups is 1. The number of hydrogen-bond acceptors (Lipinski definition) is 2. The molecule has 0 aromatic rings. The maximum absolute atomic E-state index is 12.1. The molecule has 114 valence electrons. The Balaban J connectivity index is 3.94. The van der Waals surface area contributed by atoms with Crippen molar-refractivity contribution >= 4 is 5.78 Å². The first-order valence-corrected chi connectivity index (χ1v) is 8.36. The lowest BCUT2D eigenvalue weighted by atomic mass is 9.91. The van der Waals surface area contributed by atoms with Gasteiger partial charge in [0.05, 0.1) is 0 Å². The van der Waals surface area contributed by atoms with E-state index in [-0.39, 0.29) is 5.92 Å². The van der Waals surface area contributed by atoms with Gasteiger partial charge >= 0.3 is 0 Å². The Kier molecular flexibility index (Phi) is 13.8. The molecular weight excluding hydrogens is 236 g/mol. The molecule has 0 aliphatic heterocycles. The Morgan fingerprint density at radius 2 is 1.37 bits per heavy atom. The van der Waals surface area contributed by atoms with Crippen LogP contribution < -0.4 is 0 Å². The van der Waals surface area contributed by atoms with Crippen molar-refractivity contribution in [3.63, 3.8) is 0 Å².